The molecule has 1 unspecified atom stereocenters. The molecule has 0 aromatic heterocycles. The zero-order valence-corrected chi connectivity index (χ0v) is 13.5. The van der Waals surface area contributed by atoms with Crippen LogP contribution in [0.4, 0.5) is 10.1 Å². The Morgan fingerprint density at radius 3 is 2.87 bits per heavy atom. The van der Waals surface area contributed by atoms with Crippen molar-refractivity contribution in [3.8, 4) is 0 Å². The molecule has 0 saturated carbocycles. The molecular formula is C17H23FN2O3. The SMILES string of the molecule is CC(C)OCCCNC(=O)C1CC(=O)N(c2ccccc2F)C1. The summed E-state index contributed by atoms with van der Waals surface area (Å²) in [7, 11) is 0. The van der Waals surface area contributed by atoms with E-state index < -0.39 is 11.7 Å². The zero-order valence-electron chi connectivity index (χ0n) is 13.5. The number of hydrogen-bond donors (Lipinski definition) is 1. The second kappa shape index (κ2) is 8.06. The van der Waals surface area contributed by atoms with Gasteiger partial charge in [0.1, 0.15) is 5.82 Å². The molecule has 126 valence electrons. The number of rotatable bonds is 7. The lowest BCUT2D eigenvalue weighted by Gasteiger charge is -2.17. The molecule has 1 aliphatic heterocycles. The molecule has 1 aliphatic rings. The molecule has 5 nitrogen and oxygen atoms in total. The quantitative estimate of drug-likeness (QED) is 0.782. The van der Waals surface area contributed by atoms with Crippen molar-refractivity contribution in [1.82, 2.24) is 5.32 Å². The third-order valence-electron chi connectivity index (χ3n) is 3.71. The van der Waals surface area contributed by atoms with E-state index in [2.05, 4.69) is 5.32 Å². The summed E-state index contributed by atoms with van der Waals surface area (Å²) in [6, 6.07) is 6.11. The maximum Gasteiger partial charge on any atom is 0.227 e. The summed E-state index contributed by atoms with van der Waals surface area (Å²) in [6.07, 6.45) is 1.01. The molecule has 0 spiro atoms. The Balaban J connectivity index is 1.82. The van der Waals surface area contributed by atoms with Crippen LogP contribution in [0.25, 0.3) is 0 Å². The van der Waals surface area contributed by atoms with Gasteiger partial charge in [0.05, 0.1) is 17.7 Å². The molecule has 1 aromatic rings. The van der Waals surface area contributed by atoms with Crippen LogP contribution in [0.1, 0.15) is 26.7 Å². The average molecular weight is 322 g/mol. The first-order valence-electron chi connectivity index (χ1n) is 7.93. The molecule has 1 fully saturated rings. The molecule has 2 rings (SSSR count). The summed E-state index contributed by atoms with van der Waals surface area (Å²) in [6.45, 7) is 5.23. The fourth-order valence-corrected chi connectivity index (χ4v) is 2.53. The third-order valence-corrected chi connectivity index (χ3v) is 3.71. The van der Waals surface area contributed by atoms with Crippen LogP contribution < -0.4 is 10.2 Å². The Morgan fingerprint density at radius 2 is 2.17 bits per heavy atom. The molecule has 6 heteroatoms. The number of nitrogens with zero attached hydrogens (tertiary/aromatic N) is 1. The highest BCUT2D eigenvalue weighted by atomic mass is 19.1. The van der Waals surface area contributed by atoms with Gasteiger partial charge in [-0.1, -0.05) is 12.1 Å². The van der Waals surface area contributed by atoms with Gasteiger partial charge in [-0.15, -0.1) is 0 Å². The number of anilines is 1. The fourth-order valence-electron chi connectivity index (χ4n) is 2.53. The van der Waals surface area contributed by atoms with E-state index in [0.29, 0.717) is 13.2 Å². The minimum Gasteiger partial charge on any atom is -0.379 e. The molecule has 1 aromatic carbocycles. The normalized spacial score (nSPS) is 17.8. The lowest BCUT2D eigenvalue weighted by Crippen LogP contribution is -2.34. The zero-order chi connectivity index (χ0) is 16.8. The van der Waals surface area contributed by atoms with Gasteiger partial charge in [-0.05, 0) is 32.4 Å². The second-order valence-corrected chi connectivity index (χ2v) is 5.92. The number of hydrogen-bond acceptors (Lipinski definition) is 3. The number of ether oxygens (including phenoxy) is 1. The largest absolute Gasteiger partial charge is 0.379 e. The lowest BCUT2D eigenvalue weighted by atomic mass is 10.1. The monoisotopic (exact) mass is 322 g/mol. The van der Waals surface area contributed by atoms with E-state index in [0.717, 1.165) is 6.42 Å². The Bertz CT molecular complexity index is 563. The number of carbonyl (C=O) groups excluding carboxylic acids is 2. The van der Waals surface area contributed by atoms with Gasteiger partial charge >= 0.3 is 0 Å². The lowest BCUT2D eigenvalue weighted by molar-refractivity contribution is -0.126. The van der Waals surface area contributed by atoms with Gasteiger partial charge in [0.15, 0.2) is 0 Å². The van der Waals surface area contributed by atoms with Crippen LogP contribution in [0, 0.1) is 11.7 Å². The number of carbonyl (C=O) groups is 2. The highest BCUT2D eigenvalue weighted by Gasteiger charge is 2.35. The summed E-state index contributed by atoms with van der Waals surface area (Å²) >= 11 is 0. The number of benzene rings is 1. The van der Waals surface area contributed by atoms with E-state index >= 15 is 0 Å². The predicted octanol–water partition coefficient (Wildman–Crippen LogP) is 2.11. The van der Waals surface area contributed by atoms with E-state index in [1.807, 2.05) is 13.8 Å². The van der Waals surface area contributed by atoms with Crippen molar-refractivity contribution in [1.29, 1.82) is 0 Å². The van der Waals surface area contributed by atoms with Crippen LogP contribution in [0.5, 0.6) is 0 Å². The van der Waals surface area contributed by atoms with Crippen LogP contribution in [-0.4, -0.2) is 37.6 Å². The molecule has 0 bridgehead atoms. The van der Waals surface area contributed by atoms with Crippen LogP contribution in [0.15, 0.2) is 24.3 Å². The van der Waals surface area contributed by atoms with Gasteiger partial charge in [-0.2, -0.15) is 0 Å². The summed E-state index contributed by atoms with van der Waals surface area (Å²) < 4.78 is 19.2. The van der Waals surface area contributed by atoms with Crippen molar-refractivity contribution in [3.63, 3.8) is 0 Å². The van der Waals surface area contributed by atoms with Crippen LogP contribution in [0.3, 0.4) is 0 Å². The van der Waals surface area contributed by atoms with Crippen LogP contribution in [-0.2, 0) is 14.3 Å². The summed E-state index contributed by atoms with van der Waals surface area (Å²) in [5.41, 5.74) is 0.234. The smallest absolute Gasteiger partial charge is 0.227 e. The van der Waals surface area contributed by atoms with Crippen LogP contribution in [0.2, 0.25) is 0 Å². The second-order valence-electron chi connectivity index (χ2n) is 5.92. The molecule has 23 heavy (non-hydrogen) atoms. The van der Waals surface area contributed by atoms with Gasteiger partial charge in [0.2, 0.25) is 11.8 Å². The Hall–Kier alpha value is -1.95. The third kappa shape index (κ3) is 4.76. The van der Waals surface area contributed by atoms with Crippen molar-refractivity contribution >= 4 is 17.5 Å². The van der Waals surface area contributed by atoms with Crippen molar-refractivity contribution in [2.45, 2.75) is 32.8 Å². The number of para-hydroxylation sites is 1. The van der Waals surface area contributed by atoms with E-state index in [-0.39, 0.29) is 36.6 Å². The molecule has 0 radical (unpaired) electrons. The van der Waals surface area contributed by atoms with Crippen molar-refractivity contribution in [3.05, 3.63) is 30.1 Å². The molecule has 1 N–H and O–H groups in total. The van der Waals surface area contributed by atoms with E-state index in [4.69, 9.17) is 4.74 Å². The van der Waals surface area contributed by atoms with E-state index in [1.54, 1.807) is 18.2 Å². The minimum absolute atomic E-state index is 0.114. The predicted molar refractivity (Wildman–Crippen MR) is 85.6 cm³/mol. The number of halogens is 1. The summed E-state index contributed by atoms with van der Waals surface area (Å²) in [5.74, 6) is -1.28. The van der Waals surface area contributed by atoms with Gasteiger partial charge in [-0.25, -0.2) is 4.39 Å². The van der Waals surface area contributed by atoms with E-state index in [9.17, 15) is 14.0 Å². The standard InChI is InChI=1S/C17H23FN2O3/c1-12(2)23-9-5-8-19-17(22)13-10-16(21)20(11-13)15-7-4-3-6-14(15)18/h3-4,6-7,12-13H,5,8-11H2,1-2H3,(H,19,22). The van der Waals surface area contributed by atoms with Gasteiger partial charge in [-0.3, -0.25) is 9.59 Å². The van der Waals surface area contributed by atoms with Crippen LogP contribution >= 0.6 is 0 Å². The van der Waals surface area contributed by atoms with Gasteiger partial charge in [0, 0.05) is 26.1 Å². The van der Waals surface area contributed by atoms with Crippen molar-refractivity contribution in [2.75, 3.05) is 24.6 Å². The molecule has 1 heterocycles. The Morgan fingerprint density at radius 1 is 1.43 bits per heavy atom. The maximum atomic E-state index is 13.8. The molecule has 2 amide bonds. The first-order chi connectivity index (χ1) is 11.0. The molecule has 1 atom stereocenters. The minimum atomic E-state index is -0.451. The highest BCUT2D eigenvalue weighted by molar-refractivity contribution is 6.00. The number of nitrogens with one attached hydrogen (secondary N) is 1. The average Bonchev–Trinajstić information content (AvgIpc) is 2.89. The van der Waals surface area contributed by atoms with Gasteiger partial charge < -0.3 is 15.0 Å². The van der Waals surface area contributed by atoms with E-state index in [1.165, 1.54) is 11.0 Å². The topological polar surface area (TPSA) is 58.6 Å². The van der Waals surface area contributed by atoms with Gasteiger partial charge in [0.25, 0.3) is 0 Å². The van der Waals surface area contributed by atoms with Crippen molar-refractivity contribution in [2.24, 2.45) is 5.92 Å². The molecular weight excluding hydrogens is 299 g/mol. The Kier molecular flexibility index (Phi) is 6.10. The Labute approximate surface area is 135 Å². The maximum absolute atomic E-state index is 13.8. The first kappa shape index (κ1) is 17.4. The summed E-state index contributed by atoms with van der Waals surface area (Å²) in [5, 5.41) is 2.81. The van der Waals surface area contributed by atoms with Crippen molar-refractivity contribution < 1.29 is 18.7 Å². The number of amides is 2. The summed E-state index contributed by atoms with van der Waals surface area (Å²) in [4.78, 5) is 25.5. The first-order valence-corrected chi connectivity index (χ1v) is 7.93. The molecule has 1 saturated heterocycles. The fraction of sp³-hybridized carbons (Fsp3) is 0.529. The molecule has 0 aliphatic carbocycles. The highest BCUT2D eigenvalue weighted by Crippen LogP contribution is 2.27.